The van der Waals surface area contributed by atoms with Crippen molar-refractivity contribution in [1.29, 1.82) is 0 Å². The second-order valence-electron chi connectivity index (χ2n) is 4.11. The van der Waals surface area contributed by atoms with Gasteiger partial charge in [0.1, 0.15) is 5.75 Å². The summed E-state index contributed by atoms with van der Waals surface area (Å²) in [6.45, 7) is 0. The number of hydrogen-bond acceptors (Lipinski definition) is 1. The van der Waals surface area contributed by atoms with Gasteiger partial charge in [-0.2, -0.15) is 0 Å². The maximum Gasteiger partial charge on any atom is 0.124 e. The summed E-state index contributed by atoms with van der Waals surface area (Å²) < 4.78 is 2.20. The molecule has 0 unspecified atom stereocenters. The molecule has 0 atom stereocenters. The molecule has 2 aromatic rings. The zero-order valence-corrected chi connectivity index (χ0v) is 8.20. The van der Waals surface area contributed by atoms with Crippen LogP contribution in [0.2, 0.25) is 0 Å². The van der Waals surface area contributed by atoms with Crippen LogP contribution in [-0.2, 0) is 7.05 Å². The highest BCUT2D eigenvalue weighted by Gasteiger charge is 2.27. The number of nitrogens with zero attached hydrogens (tertiary/aromatic N) is 1. The third-order valence-electron chi connectivity index (χ3n) is 3.10. The number of benzene rings is 1. The molecule has 2 nitrogen and oxygen atoms in total. The molecule has 0 spiro atoms. The Morgan fingerprint density at radius 3 is 2.79 bits per heavy atom. The molecule has 1 fully saturated rings. The van der Waals surface area contributed by atoms with E-state index in [4.69, 9.17) is 0 Å². The minimum Gasteiger partial charge on any atom is -0.507 e. The van der Waals surface area contributed by atoms with Gasteiger partial charge >= 0.3 is 0 Å². The minimum absolute atomic E-state index is 0.394. The molecule has 0 bridgehead atoms. The molecule has 0 amide bonds. The lowest BCUT2D eigenvalue weighted by molar-refractivity contribution is 0.481. The number of fused-ring (bicyclic) bond motifs is 1. The Hall–Kier alpha value is -1.44. The van der Waals surface area contributed by atoms with E-state index in [1.165, 1.54) is 18.5 Å². The first-order chi connectivity index (χ1) is 6.77. The van der Waals surface area contributed by atoms with Crippen LogP contribution in [-0.4, -0.2) is 9.67 Å². The van der Waals surface area contributed by atoms with E-state index >= 15 is 0 Å². The fourth-order valence-electron chi connectivity index (χ4n) is 2.14. The van der Waals surface area contributed by atoms with Gasteiger partial charge in [-0.25, -0.2) is 0 Å². The predicted molar refractivity (Wildman–Crippen MR) is 56.6 cm³/mol. The average molecular weight is 187 g/mol. The molecular weight excluding hydrogens is 174 g/mol. The van der Waals surface area contributed by atoms with E-state index in [-0.39, 0.29) is 0 Å². The topological polar surface area (TPSA) is 25.2 Å². The van der Waals surface area contributed by atoms with E-state index in [0.717, 1.165) is 16.8 Å². The van der Waals surface area contributed by atoms with Crippen LogP contribution < -0.4 is 0 Å². The van der Waals surface area contributed by atoms with Crippen molar-refractivity contribution in [3.05, 3.63) is 30.0 Å². The highest BCUT2D eigenvalue weighted by atomic mass is 16.3. The van der Waals surface area contributed by atoms with Crippen molar-refractivity contribution in [2.24, 2.45) is 7.05 Å². The van der Waals surface area contributed by atoms with E-state index in [9.17, 15) is 5.11 Å². The van der Waals surface area contributed by atoms with Gasteiger partial charge in [-0.1, -0.05) is 6.07 Å². The fraction of sp³-hybridized carbons (Fsp3) is 0.333. The molecular formula is C12H13NO. The van der Waals surface area contributed by atoms with Crippen molar-refractivity contribution in [1.82, 2.24) is 4.57 Å². The maximum atomic E-state index is 9.70. The van der Waals surface area contributed by atoms with Gasteiger partial charge in [-0.15, -0.1) is 0 Å². The van der Waals surface area contributed by atoms with Crippen molar-refractivity contribution in [2.45, 2.75) is 18.8 Å². The van der Waals surface area contributed by atoms with Gasteiger partial charge in [0.25, 0.3) is 0 Å². The van der Waals surface area contributed by atoms with Crippen LogP contribution in [0.25, 0.3) is 10.9 Å². The average Bonchev–Trinajstić information content (AvgIpc) is 2.94. The number of phenolic OH excluding ortho intramolecular Hbond substituents is 1. The lowest BCUT2D eigenvalue weighted by atomic mass is 10.2. The van der Waals surface area contributed by atoms with Gasteiger partial charge in [0.2, 0.25) is 0 Å². The third-order valence-corrected chi connectivity index (χ3v) is 3.10. The molecule has 1 aliphatic carbocycles. The van der Waals surface area contributed by atoms with Gasteiger partial charge in [-0.05, 0) is 37.0 Å². The summed E-state index contributed by atoms with van der Waals surface area (Å²) in [6.07, 6.45) is 2.59. The normalized spacial score (nSPS) is 16.4. The SMILES string of the molecule is Cn1c(C2CC2)cc2c(O)cccc21. The molecule has 1 aromatic heterocycles. The standard InChI is InChI=1S/C12H13NO/c1-13-10-3-2-4-12(14)9(10)7-11(13)8-5-6-8/h2-4,7-8,14H,5-6H2,1H3. The summed E-state index contributed by atoms with van der Waals surface area (Å²) in [5.41, 5.74) is 2.49. The first kappa shape index (κ1) is 7.92. The number of rotatable bonds is 1. The molecule has 3 rings (SSSR count). The number of aromatic hydroxyl groups is 1. The minimum atomic E-state index is 0.394. The molecule has 0 saturated heterocycles. The summed E-state index contributed by atoms with van der Waals surface area (Å²) in [7, 11) is 2.08. The molecule has 1 aliphatic rings. The predicted octanol–water partition coefficient (Wildman–Crippen LogP) is 2.76. The second-order valence-corrected chi connectivity index (χ2v) is 4.11. The monoisotopic (exact) mass is 187 g/mol. The molecule has 1 saturated carbocycles. The van der Waals surface area contributed by atoms with Crippen molar-refractivity contribution in [3.8, 4) is 5.75 Å². The Balaban J connectivity index is 2.33. The maximum absolute atomic E-state index is 9.70. The zero-order chi connectivity index (χ0) is 9.71. The molecule has 0 aliphatic heterocycles. The number of aryl methyl sites for hydroxylation is 1. The Kier molecular flexibility index (Phi) is 1.43. The van der Waals surface area contributed by atoms with Crippen LogP contribution >= 0.6 is 0 Å². The Morgan fingerprint density at radius 1 is 1.36 bits per heavy atom. The first-order valence-electron chi connectivity index (χ1n) is 5.04. The molecule has 1 N–H and O–H groups in total. The second kappa shape index (κ2) is 2.53. The molecule has 14 heavy (non-hydrogen) atoms. The Morgan fingerprint density at radius 2 is 2.14 bits per heavy atom. The molecule has 72 valence electrons. The van der Waals surface area contributed by atoms with E-state index < -0.39 is 0 Å². The van der Waals surface area contributed by atoms with Gasteiger partial charge in [0, 0.05) is 18.1 Å². The third kappa shape index (κ3) is 0.969. The molecule has 2 heteroatoms. The number of hydrogen-bond donors (Lipinski definition) is 1. The van der Waals surface area contributed by atoms with Gasteiger partial charge < -0.3 is 9.67 Å². The van der Waals surface area contributed by atoms with E-state index in [1.54, 1.807) is 6.07 Å². The highest BCUT2D eigenvalue weighted by Crippen LogP contribution is 2.42. The summed E-state index contributed by atoms with van der Waals surface area (Å²) in [6, 6.07) is 7.83. The smallest absolute Gasteiger partial charge is 0.124 e. The Labute approximate surface area is 82.8 Å². The quantitative estimate of drug-likeness (QED) is 0.729. The van der Waals surface area contributed by atoms with Gasteiger partial charge in [-0.3, -0.25) is 0 Å². The molecule has 1 aromatic carbocycles. The van der Waals surface area contributed by atoms with Gasteiger partial charge in [0.15, 0.2) is 0 Å². The fourth-order valence-corrected chi connectivity index (χ4v) is 2.14. The highest BCUT2D eigenvalue weighted by molar-refractivity contribution is 5.87. The largest absolute Gasteiger partial charge is 0.507 e. The Bertz CT molecular complexity index is 494. The number of phenols is 1. The lowest BCUT2D eigenvalue weighted by Gasteiger charge is -2.01. The molecule has 1 heterocycles. The van der Waals surface area contributed by atoms with Crippen LogP contribution in [0.15, 0.2) is 24.3 Å². The molecule has 0 radical (unpaired) electrons. The van der Waals surface area contributed by atoms with E-state index in [1.807, 2.05) is 6.07 Å². The summed E-state index contributed by atoms with van der Waals surface area (Å²) in [5.74, 6) is 1.12. The first-order valence-corrected chi connectivity index (χ1v) is 5.04. The summed E-state index contributed by atoms with van der Waals surface area (Å²) in [4.78, 5) is 0. The lowest BCUT2D eigenvalue weighted by Crippen LogP contribution is -1.92. The van der Waals surface area contributed by atoms with Crippen molar-refractivity contribution in [3.63, 3.8) is 0 Å². The van der Waals surface area contributed by atoms with Crippen LogP contribution in [0, 0.1) is 0 Å². The van der Waals surface area contributed by atoms with Crippen molar-refractivity contribution >= 4 is 10.9 Å². The van der Waals surface area contributed by atoms with E-state index in [0.29, 0.717) is 5.75 Å². The van der Waals surface area contributed by atoms with Crippen molar-refractivity contribution in [2.75, 3.05) is 0 Å². The van der Waals surface area contributed by atoms with Crippen LogP contribution in [0.4, 0.5) is 0 Å². The van der Waals surface area contributed by atoms with E-state index in [2.05, 4.69) is 23.7 Å². The van der Waals surface area contributed by atoms with Crippen molar-refractivity contribution < 1.29 is 5.11 Å². The summed E-state index contributed by atoms with van der Waals surface area (Å²) in [5, 5.41) is 10.7. The summed E-state index contributed by atoms with van der Waals surface area (Å²) >= 11 is 0. The van der Waals surface area contributed by atoms with Crippen LogP contribution in [0.5, 0.6) is 5.75 Å². The van der Waals surface area contributed by atoms with Crippen LogP contribution in [0.3, 0.4) is 0 Å². The van der Waals surface area contributed by atoms with Crippen LogP contribution in [0.1, 0.15) is 24.5 Å². The number of aromatic nitrogens is 1. The zero-order valence-electron chi connectivity index (χ0n) is 8.20. The van der Waals surface area contributed by atoms with Gasteiger partial charge in [0.05, 0.1) is 5.52 Å².